The van der Waals surface area contributed by atoms with Crippen LogP contribution in [0, 0.1) is 13.8 Å². The van der Waals surface area contributed by atoms with Crippen molar-refractivity contribution < 1.29 is 4.42 Å². The minimum absolute atomic E-state index is 1.01. The Bertz CT molecular complexity index is 929. The molecule has 0 amide bonds. The van der Waals surface area contributed by atoms with Crippen LogP contribution in [0.4, 0.5) is 0 Å². The molecule has 0 fully saturated rings. The zero-order valence-electron chi connectivity index (χ0n) is 11.0. The zero-order valence-corrected chi connectivity index (χ0v) is 11.0. The molecule has 0 atom stereocenters. The van der Waals surface area contributed by atoms with Crippen LogP contribution in [0.25, 0.3) is 32.7 Å². The van der Waals surface area contributed by atoms with Gasteiger partial charge in [-0.1, -0.05) is 42.5 Å². The molecule has 0 spiro atoms. The summed E-state index contributed by atoms with van der Waals surface area (Å²) in [6.07, 6.45) is 0. The smallest absolute Gasteiger partial charge is 0.143 e. The zero-order chi connectivity index (χ0) is 13.0. The number of para-hydroxylation sites is 1. The van der Waals surface area contributed by atoms with Gasteiger partial charge in [-0.05, 0) is 36.4 Å². The van der Waals surface area contributed by atoms with Crippen LogP contribution in [-0.4, -0.2) is 0 Å². The first-order valence-electron chi connectivity index (χ1n) is 6.56. The van der Waals surface area contributed by atoms with Gasteiger partial charge in [-0.15, -0.1) is 0 Å². The van der Waals surface area contributed by atoms with E-state index in [9.17, 15) is 0 Å². The van der Waals surface area contributed by atoms with Gasteiger partial charge in [0.2, 0.25) is 0 Å². The Morgan fingerprint density at radius 1 is 0.632 bits per heavy atom. The molecule has 0 radical (unpaired) electrons. The van der Waals surface area contributed by atoms with Crippen molar-refractivity contribution in [3.63, 3.8) is 0 Å². The fourth-order valence-electron chi connectivity index (χ4n) is 2.94. The van der Waals surface area contributed by atoms with Crippen LogP contribution >= 0.6 is 0 Å². The molecule has 0 aliphatic carbocycles. The second kappa shape index (κ2) is 3.61. The first-order chi connectivity index (χ1) is 9.25. The number of furan rings is 1. The highest BCUT2D eigenvalue weighted by Crippen LogP contribution is 2.36. The topological polar surface area (TPSA) is 13.1 Å². The molecule has 0 N–H and O–H groups in total. The van der Waals surface area contributed by atoms with Crippen LogP contribution in [0.15, 0.2) is 52.9 Å². The molecule has 0 saturated heterocycles. The van der Waals surface area contributed by atoms with E-state index in [0.717, 1.165) is 11.2 Å². The standard InChI is InChI=1S/C18H14O/c1-11-6-5-9-15-16-10-12(2)13-7-3-4-8-14(13)18(16)19-17(11)15/h3-10H,1-2H3. The molecule has 1 heteroatoms. The second-order valence-electron chi connectivity index (χ2n) is 5.17. The molecule has 1 aromatic heterocycles. The Kier molecular flexibility index (Phi) is 2.02. The first-order valence-corrected chi connectivity index (χ1v) is 6.56. The van der Waals surface area contributed by atoms with Crippen LogP contribution in [0.5, 0.6) is 0 Å². The van der Waals surface area contributed by atoms with E-state index in [2.05, 4.69) is 62.4 Å². The maximum atomic E-state index is 6.15. The molecule has 4 aromatic rings. The van der Waals surface area contributed by atoms with Crippen molar-refractivity contribution >= 4 is 32.7 Å². The quantitative estimate of drug-likeness (QED) is 0.407. The van der Waals surface area contributed by atoms with Gasteiger partial charge in [0.25, 0.3) is 0 Å². The van der Waals surface area contributed by atoms with E-state index in [1.165, 1.54) is 32.7 Å². The van der Waals surface area contributed by atoms with E-state index < -0.39 is 0 Å². The minimum Gasteiger partial charge on any atom is -0.455 e. The normalized spacial score (nSPS) is 11.7. The monoisotopic (exact) mass is 246 g/mol. The predicted molar refractivity (Wildman–Crippen MR) is 80.7 cm³/mol. The molecule has 92 valence electrons. The Morgan fingerprint density at radius 2 is 1.32 bits per heavy atom. The summed E-state index contributed by atoms with van der Waals surface area (Å²) in [4.78, 5) is 0. The van der Waals surface area contributed by atoms with E-state index in [1.54, 1.807) is 0 Å². The molecule has 0 bridgehead atoms. The largest absolute Gasteiger partial charge is 0.455 e. The molecule has 4 rings (SSSR count). The van der Waals surface area contributed by atoms with Crippen molar-refractivity contribution in [2.75, 3.05) is 0 Å². The molecule has 1 heterocycles. The molecule has 0 saturated carbocycles. The van der Waals surface area contributed by atoms with Gasteiger partial charge in [0, 0.05) is 16.2 Å². The maximum absolute atomic E-state index is 6.15. The average Bonchev–Trinajstić information content (AvgIpc) is 2.80. The molecule has 1 nitrogen and oxygen atoms in total. The van der Waals surface area contributed by atoms with E-state index in [-0.39, 0.29) is 0 Å². The van der Waals surface area contributed by atoms with Crippen LogP contribution in [-0.2, 0) is 0 Å². The van der Waals surface area contributed by atoms with Gasteiger partial charge in [-0.3, -0.25) is 0 Å². The highest BCUT2D eigenvalue weighted by molar-refractivity contribution is 6.16. The van der Waals surface area contributed by atoms with Gasteiger partial charge in [0.05, 0.1) is 0 Å². The number of hydrogen-bond donors (Lipinski definition) is 0. The van der Waals surface area contributed by atoms with E-state index in [1.807, 2.05) is 0 Å². The number of hydrogen-bond acceptors (Lipinski definition) is 1. The summed E-state index contributed by atoms with van der Waals surface area (Å²) in [5.41, 5.74) is 4.50. The number of rotatable bonds is 0. The average molecular weight is 246 g/mol. The summed E-state index contributed by atoms with van der Waals surface area (Å²) in [5.74, 6) is 0. The van der Waals surface area contributed by atoms with Crippen molar-refractivity contribution in [3.8, 4) is 0 Å². The third kappa shape index (κ3) is 1.36. The van der Waals surface area contributed by atoms with E-state index in [0.29, 0.717) is 0 Å². The van der Waals surface area contributed by atoms with Crippen molar-refractivity contribution in [2.45, 2.75) is 13.8 Å². The van der Waals surface area contributed by atoms with Gasteiger partial charge < -0.3 is 4.42 Å². The van der Waals surface area contributed by atoms with Crippen molar-refractivity contribution in [2.24, 2.45) is 0 Å². The lowest BCUT2D eigenvalue weighted by molar-refractivity contribution is 0.669. The third-order valence-electron chi connectivity index (χ3n) is 3.91. The minimum atomic E-state index is 1.01. The highest BCUT2D eigenvalue weighted by Gasteiger charge is 2.12. The van der Waals surface area contributed by atoms with E-state index >= 15 is 0 Å². The summed E-state index contributed by atoms with van der Waals surface area (Å²) >= 11 is 0. The Balaban J connectivity index is 2.36. The first kappa shape index (κ1) is 10.6. The van der Waals surface area contributed by atoms with Gasteiger partial charge in [0.1, 0.15) is 11.2 Å². The summed E-state index contributed by atoms with van der Waals surface area (Å²) in [6, 6.07) is 17.0. The predicted octanol–water partition coefficient (Wildman–Crippen LogP) is 5.36. The summed E-state index contributed by atoms with van der Waals surface area (Å²) < 4.78 is 6.15. The number of aryl methyl sites for hydroxylation is 2. The SMILES string of the molecule is Cc1cc2c3cccc(C)c3oc2c2ccccc12. The number of benzene rings is 3. The lowest BCUT2D eigenvalue weighted by atomic mass is 10.0. The van der Waals surface area contributed by atoms with Gasteiger partial charge >= 0.3 is 0 Å². The maximum Gasteiger partial charge on any atom is 0.143 e. The van der Waals surface area contributed by atoms with E-state index in [4.69, 9.17) is 4.42 Å². The molecule has 3 aromatic carbocycles. The summed E-state index contributed by atoms with van der Waals surface area (Å²) in [6.45, 7) is 4.26. The summed E-state index contributed by atoms with van der Waals surface area (Å²) in [7, 11) is 0. The Hall–Kier alpha value is -2.28. The summed E-state index contributed by atoms with van der Waals surface area (Å²) in [5, 5.41) is 4.90. The molecular weight excluding hydrogens is 232 g/mol. The second-order valence-corrected chi connectivity index (χ2v) is 5.17. The molecular formula is C18H14O. The van der Waals surface area contributed by atoms with Crippen molar-refractivity contribution in [1.29, 1.82) is 0 Å². The molecule has 0 aliphatic heterocycles. The lowest BCUT2D eigenvalue weighted by Gasteiger charge is -2.02. The van der Waals surface area contributed by atoms with Crippen LogP contribution in [0.2, 0.25) is 0 Å². The third-order valence-corrected chi connectivity index (χ3v) is 3.91. The van der Waals surface area contributed by atoms with Crippen molar-refractivity contribution in [3.05, 3.63) is 59.7 Å². The Morgan fingerprint density at radius 3 is 2.16 bits per heavy atom. The molecule has 19 heavy (non-hydrogen) atoms. The Labute approximate surface area is 111 Å². The van der Waals surface area contributed by atoms with Gasteiger partial charge in [-0.25, -0.2) is 0 Å². The highest BCUT2D eigenvalue weighted by atomic mass is 16.3. The number of fused-ring (bicyclic) bond motifs is 5. The fraction of sp³-hybridized carbons (Fsp3) is 0.111. The van der Waals surface area contributed by atoms with Gasteiger partial charge in [0.15, 0.2) is 0 Å². The van der Waals surface area contributed by atoms with Crippen LogP contribution in [0.1, 0.15) is 11.1 Å². The fourth-order valence-corrected chi connectivity index (χ4v) is 2.94. The van der Waals surface area contributed by atoms with Crippen LogP contribution < -0.4 is 0 Å². The molecule has 0 aliphatic rings. The van der Waals surface area contributed by atoms with Gasteiger partial charge in [-0.2, -0.15) is 0 Å². The molecule has 0 unspecified atom stereocenters. The van der Waals surface area contributed by atoms with Crippen molar-refractivity contribution in [1.82, 2.24) is 0 Å². The lowest BCUT2D eigenvalue weighted by Crippen LogP contribution is -1.79. The van der Waals surface area contributed by atoms with Crippen LogP contribution in [0.3, 0.4) is 0 Å².